The van der Waals surface area contributed by atoms with Crippen molar-refractivity contribution in [2.24, 2.45) is 0 Å². The van der Waals surface area contributed by atoms with E-state index in [0.717, 1.165) is 19.5 Å². The second-order valence-corrected chi connectivity index (χ2v) is 4.40. The van der Waals surface area contributed by atoms with E-state index in [1.807, 2.05) is 19.0 Å². The van der Waals surface area contributed by atoms with E-state index in [2.05, 4.69) is 14.9 Å². The van der Waals surface area contributed by atoms with Gasteiger partial charge in [0.2, 0.25) is 5.95 Å². The van der Waals surface area contributed by atoms with Crippen LogP contribution < -0.4 is 4.90 Å². The van der Waals surface area contributed by atoms with E-state index >= 15 is 0 Å². The number of aromatic nitrogens is 2. The number of anilines is 1. The van der Waals surface area contributed by atoms with Gasteiger partial charge in [0.05, 0.1) is 0 Å². The lowest BCUT2D eigenvalue weighted by Gasteiger charge is -2.20. The van der Waals surface area contributed by atoms with Crippen LogP contribution in [0.5, 0.6) is 0 Å². The number of likely N-dealkylation sites (N-methyl/N-ethyl adjacent to an activating group) is 1. The molecule has 17 heavy (non-hydrogen) atoms. The Labute approximate surface area is 99.9 Å². The molecule has 0 saturated carbocycles. The Morgan fingerprint density at radius 2 is 2.35 bits per heavy atom. The number of carbonyl (C=O) groups is 1. The molecule has 1 N–H and O–H groups in total. The zero-order valence-corrected chi connectivity index (χ0v) is 10.00. The molecule has 0 aliphatic carbocycles. The Kier molecular flexibility index (Phi) is 3.23. The van der Waals surface area contributed by atoms with Gasteiger partial charge in [0.1, 0.15) is 0 Å². The molecule has 1 aliphatic heterocycles. The number of hydrogen-bond donors (Lipinski definition) is 1. The Bertz CT molecular complexity index is 422. The summed E-state index contributed by atoms with van der Waals surface area (Å²) in [7, 11) is 4.09. The molecule has 1 aromatic rings. The SMILES string of the molecule is CN(C)C1CCN(c2nccc(C(=O)O)n2)C1. The van der Waals surface area contributed by atoms with Crippen LogP contribution in [-0.4, -0.2) is 59.2 Å². The van der Waals surface area contributed by atoms with Crippen LogP contribution in [0.25, 0.3) is 0 Å². The van der Waals surface area contributed by atoms with E-state index in [-0.39, 0.29) is 5.69 Å². The van der Waals surface area contributed by atoms with Gasteiger partial charge in [-0.1, -0.05) is 0 Å². The molecule has 1 aromatic heterocycles. The summed E-state index contributed by atoms with van der Waals surface area (Å²) in [5.41, 5.74) is 0.0447. The monoisotopic (exact) mass is 236 g/mol. The molecule has 2 heterocycles. The van der Waals surface area contributed by atoms with Crippen LogP contribution in [0.4, 0.5) is 5.95 Å². The molecule has 0 amide bonds. The predicted octanol–water partition coefficient (Wildman–Crippen LogP) is 0.315. The van der Waals surface area contributed by atoms with Gasteiger partial charge in [0.15, 0.2) is 5.69 Å². The van der Waals surface area contributed by atoms with Gasteiger partial charge in [0.25, 0.3) is 0 Å². The van der Waals surface area contributed by atoms with Crippen molar-refractivity contribution in [1.82, 2.24) is 14.9 Å². The van der Waals surface area contributed by atoms with Gasteiger partial charge in [-0.3, -0.25) is 0 Å². The van der Waals surface area contributed by atoms with Gasteiger partial charge in [-0.25, -0.2) is 14.8 Å². The quantitative estimate of drug-likeness (QED) is 0.814. The normalized spacial score (nSPS) is 19.9. The van der Waals surface area contributed by atoms with Crippen molar-refractivity contribution in [3.05, 3.63) is 18.0 Å². The molecule has 1 atom stereocenters. The first-order chi connectivity index (χ1) is 8.08. The van der Waals surface area contributed by atoms with Gasteiger partial charge >= 0.3 is 5.97 Å². The summed E-state index contributed by atoms with van der Waals surface area (Å²) in [5, 5.41) is 8.88. The van der Waals surface area contributed by atoms with Crippen molar-refractivity contribution in [3.63, 3.8) is 0 Å². The summed E-state index contributed by atoms with van der Waals surface area (Å²) in [6.45, 7) is 1.71. The fourth-order valence-corrected chi connectivity index (χ4v) is 1.96. The maximum atomic E-state index is 10.8. The smallest absolute Gasteiger partial charge is 0.354 e. The van der Waals surface area contributed by atoms with E-state index < -0.39 is 5.97 Å². The van der Waals surface area contributed by atoms with Gasteiger partial charge in [0, 0.05) is 25.3 Å². The van der Waals surface area contributed by atoms with Crippen LogP contribution in [0.1, 0.15) is 16.9 Å². The van der Waals surface area contributed by atoms with Crippen molar-refractivity contribution in [2.75, 3.05) is 32.1 Å². The number of aromatic carboxylic acids is 1. The molecule has 1 saturated heterocycles. The number of hydrogen-bond acceptors (Lipinski definition) is 5. The fraction of sp³-hybridized carbons (Fsp3) is 0.545. The first-order valence-corrected chi connectivity index (χ1v) is 5.55. The average molecular weight is 236 g/mol. The highest BCUT2D eigenvalue weighted by molar-refractivity contribution is 5.85. The Balaban J connectivity index is 2.13. The second kappa shape index (κ2) is 4.67. The average Bonchev–Trinajstić information content (AvgIpc) is 2.78. The van der Waals surface area contributed by atoms with E-state index in [1.165, 1.54) is 12.3 Å². The molecule has 2 rings (SSSR count). The highest BCUT2D eigenvalue weighted by Crippen LogP contribution is 2.18. The van der Waals surface area contributed by atoms with Crippen LogP contribution in [0.15, 0.2) is 12.3 Å². The van der Waals surface area contributed by atoms with Gasteiger partial charge in [-0.2, -0.15) is 0 Å². The standard InChI is InChI=1S/C11H16N4O2/c1-14(2)8-4-6-15(7-8)11-12-5-3-9(13-11)10(16)17/h3,5,8H,4,6-7H2,1-2H3,(H,16,17). The third kappa shape index (κ3) is 2.52. The van der Waals surface area contributed by atoms with Crippen LogP contribution in [-0.2, 0) is 0 Å². The zero-order chi connectivity index (χ0) is 12.4. The van der Waals surface area contributed by atoms with Crippen LogP contribution in [0.3, 0.4) is 0 Å². The highest BCUT2D eigenvalue weighted by atomic mass is 16.4. The molecule has 0 radical (unpaired) electrons. The van der Waals surface area contributed by atoms with Crippen molar-refractivity contribution in [3.8, 4) is 0 Å². The van der Waals surface area contributed by atoms with E-state index in [4.69, 9.17) is 5.11 Å². The summed E-state index contributed by atoms with van der Waals surface area (Å²) in [6, 6.07) is 1.89. The van der Waals surface area contributed by atoms with Gasteiger partial charge in [-0.05, 0) is 26.6 Å². The first kappa shape index (κ1) is 11.8. The molecule has 0 aromatic carbocycles. The topological polar surface area (TPSA) is 69.6 Å². The third-order valence-electron chi connectivity index (χ3n) is 3.04. The molecular weight excluding hydrogens is 220 g/mol. The summed E-state index contributed by atoms with van der Waals surface area (Å²) < 4.78 is 0. The van der Waals surface area contributed by atoms with Crippen LogP contribution in [0.2, 0.25) is 0 Å². The summed E-state index contributed by atoms with van der Waals surface area (Å²) in [5.74, 6) is -0.508. The second-order valence-electron chi connectivity index (χ2n) is 4.40. The molecule has 1 fully saturated rings. The lowest BCUT2D eigenvalue weighted by Crippen LogP contribution is -2.32. The van der Waals surface area contributed by atoms with E-state index in [9.17, 15) is 4.79 Å². The van der Waals surface area contributed by atoms with Crippen molar-refractivity contribution in [1.29, 1.82) is 0 Å². The molecule has 6 heteroatoms. The summed E-state index contributed by atoms with van der Waals surface area (Å²) in [6.07, 6.45) is 2.54. The van der Waals surface area contributed by atoms with Gasteiger partial charge in [-0.15, -0.1) is 0 Å². The number of carboxylic acid groups (broad SMARTS) is 1. The van der Waals surface area contributed by atoms with Gasteiger partial charge < -0.3 is 14.9 Å². The number of rotatable bonds is 3. The molecule has 0 spiro atoms. The van der Waals surface area contributed by atoms with E-state index in [1.54, 1.807) is 0 Å². The lowest BCUT2D eigenvalue weighted by molar-refractivity contribution is 0.0690. The fourth-order valence-electron chi connectivity index (χ4n) is 1.96. The van der Waals surface area contributed by atoms with Crippen LogP contribution >= 0.6 is 0 Å². The molecule has 0 bridgehead atoms. The Hall–Kier alpha value is -1.69. The minimum absolute atomic E-state index is 0.0447. The van der Waals surface area contributed by atoms with E-state index in [0.29, 0.717) is 12.0 Å². The lowest BCUT2D eigenvalue weighted by atomic mass is 10.2. The number of carboxylic acids is 1. The third-order valence-corrected chi connectivity index (χ3v) is 3.04. The molecule has 6 nitrogen and oxygen atoms in total. The minimum atomic E-state index is -1.02. The van der Waals surface area contributed by atoms with Crippen molar-refractivity contribution >= 4 is 11.9 Å². The minimum Gasteiger partial charge on any atom is -0.477 e. The Morgan fingerprint density at radius 3 is 2.94 bits per heavy atom. The zero-order valence-electron chi connectivity index (χ0n) is 10.00. The highest BCUT2D eigenvalue weighted by Gasteiger charge is 2.26. The molecule has 1 aliphatic rings. The Morgan fingerprint density at radius 1 is 1.59 bits per heavy atom. The number of nitrogens with zero attached hydrogens (tertiary/aromatic N) is 4. The molecular formula is C11H16N4O2. The largest absolute Gasteiger partial charge is 0.477 e. The summed E-state index contributed by atoms with van der Waals surface area (Å²) in [4.78, 5) is 23.2. The predicted molar refractivity (Wildman–Crippen MR) is 63.3 cm³/mol. The maximum Gasteiger partial charge on any atom is 0.354 e. The summed E-state index contributed by atoms with van der Waals surface area (Å²) >= 11 is 0. The maximum absolute atomic E-state index is 10.8. The molecule has 92 valence electrons. The molecule has 1 unspecified atom stereocenters. The first-order valence-electron chi connectivity index (χ1n) is 5.55. The van der Waals surface area contributed by atoms with Crippen molar-refractivity contribution < 1.29 is 9.90 Å². The van der Waals surface area contributed by atoms with Crippen LogP contribution in [0, 0.1) is 0 Å². The van der Waals surface area contributed by atoms with Crippen molar-refractivity contribution in [2.45, 2.75) is 12.5 Å².